The minimum Gasteiger partial charge on any atom is -0.508 e. The van der Waals surface area contributed by atoms with Gasteiger partial charge in [-0.1, -0.05) is 41.9 Å². The van der Waals surface area contributed by atoms with Crippen LogP contribution < -0.4 is 0 Å². The second-order valence-corrected chi connectivity index (χ2v) is 6.10. The summed E-state index contributed by atoms with van der Waals surface area (Å²) < 4.78 is 6.29. The zero-order valence-electron chi connectivity index (χ0n) is 12.1. The van der Waals surface area contributed by atoms with Crippen LogP contribution in [0.25, 0.3) is 0 Å². The number of halogens is 1. The molecule has 2 N–H and O–H groups in total. The number of aliphatic hydroxyl groups excluding tert-OH is 1. The number of phenols is 1. The monoisotopic (exact) mass is 406 g/mol. The summed E-state index contributed by atoms with van der Waals surface area (Å²) in [5.41, 5.74) is 0.404. The van der Waals surface area contributed by atoms with E-state index < -0.39 is 12.1 Å². The van der Waals surface area contributed by atoms with Crippen LogP contribution in [0, 0.1) is 0 Å². The van der Waals surface area contributed by atoms with Gasteiger partial charge in [-0.2, -0.15) is 0 Å². The van der Waals surface area contributed by atoms with E-state index in [0.717, 1.165) is 19.3 Å². The maximum absolute atomic E-state index is 11.7. The Balaban J connectivity index is 2.12. The summed E-state index contributed by atoms with van der Waals surface area (Å²) in [5, 5.41) is 18.9. The predicted octanol–water partition coefficient (Wildman–Crippen LogP) is 3.69. The summed E-state index contributed by atoms with van der Waals surface area (Å²) in [6.45, 7) is 0.217. The first-order valence-electron chi connectivity index (χ1n) is 7.33. The number of hydrogen-bond donors (Lipinski definition) is 2. The average Bonchev–Trinajstić information content (AvgIpc) is 2.47. The van der Waals surface area contributed by atoms with Gasteiger partial charge in [-0.3, -0.25) is 0 Å². The molecule has 0 aliphatic carbocycles. The molecule has 4 nitrogen and oxygen atoms in total. The highest BCUT2D eigenvalue weighted by atomic mass is 127. The molecule has 0 aliphatic heterocycles. The Labute approximate surface area is 139 Å². The minimum absolute atomic E-state index is 0.115. The van der Waals surface area contributed by atoms with Crippen molar-refractivity contribution in [3.8, 4) is 5.75 Å². The summed E-state index contributed by atoms with van der Waals surface area (Å²) in [7, 11) is 0. The van der Waals surface area contributed by atoms with E-state index in [1.54, 1.807) is 0 Å². The topological polar surface area (TPSA) is 66.8 Å². The van der Waals surface area contributed by atoms with Crippen LogP contribution in [0.3, 0.4) is 0 Å². The molecule has 0 saturated heterocycles. The van der Waals surface area contributed by atoms with Crippen LogP contribution in [0.2, 0.25) is 0 Å². The fourth-order valence-corrected chi connectivity index (χ4v) is 2.48. The van der Waals surface area contributed by atoms with E-state index in [1.165, 1.54) is 41.5 Å². The molecular formula is C16H23IO4. The van der Waals surface area contributed by atoms with Gasteiger partial charge in [-0.25, -0.2) is 4.79 Å². The molecule has 0 saturated carbocycles. The fraction of sp³-hybridized carbons (Fsp3) is 0.562. The summed E-state index contributed by atoms with van der Waals surface area (Å²) in [6, 6.07) is 5.92. The number of carbonyl (C=O) groups is 1. The molecule has 1 atom stereocenters. The SMILES string of the molecule is O=C(OCCC(O)CCCCCCI)c1ccc(O)cc1. The lowest BCUT2D eigenvalue weighted by Crippen LogP contribution is -2.13. The molecule has 0 aromatic heterocycles. The van der Waals surface area contributed by atoms with Gasteiger partial charge in [0.15, 0.2) is 0 Å². The molecule has 1 unspecified atom stereocenters. The normalized spacial score (nSPS) is 12.1. The molecule has 1 aromatic rings. The van der Waals surface area contributed by atoms with Gasteiger partial charge in [-0.05, 0) is 41.5 Å². The van der Waals surface area contributed by atoms with E-state index in [-0.39, 0.29) is 12.4 Å². The number of hydrogen-bond acceptors (Lipinski definition) is 4. The largest absolute Gasteiger partial charge is 0.508 e. The third-order valence-corrected chi connectivity index (χ3v) is 3.97. The van der Waals surface area contributed by atoms with E-state index in [0.29, 0.717) is 12.0 Å². The van der Waals surface area contributed by atoms with Gasteiger partial charge < -0.3 is 14.9 Å². The van der Waals surface area contributed by atoms with Gasteiger partial charge in [0.1, 0.15) is 5.75 Å². The van der Waals surface area contributed by atoms with Crippen LogP contribution in [-0.2, 0) is 4.74 Å². The number of aliphatic hydroxyl groups is 1. The van der Waals surface area contributed by atoms with E-state index in [2.05, 4.69) is 22.6 Å². The summed E-state index contributed by atoms with van der Waals surface area (Å²) in [5.74, 6) is -0.311. The van der Waals surface area contributed by atoms with E-state index in [4.69, 9.17) is 9.84 Å². The zero-order chi connectivity index (χ0) is 15.5. The van der Waals surface area contributed by atoms with E-state index >= 15 is 0 Å². The first-order valence-corrected chi connectivity index (χ1v) is 8.86. The molecule has 0 spiro atoms. The van der Waals surface area contributed by atoms with Crippen LogP contribution in [0.1, 0.15) is 48.9 Å². The summed E-state index contributed by atoms with van der Waals surface area (Å²) in [6.07, 6.45) is 5.44. The molecule has 0 aliphatic rings. The quantitative estimate of drug-likeness (QED) is 0.269. The lowest BCUT2D eigenvalue weighted by Gasteiger charge is -2.11. The first-order chi connectivity index (χ1) is 10.1. The number of unbranched alkanes of at least 4 members (excludes halogenated alkanes) is 3. The standard InChI is InChI=1S/C16H23IO4/c17-11-4-2-1-3-5-14(18)10-12-21-16(20)13-6-8-15(19)9-7-13/h6-9,14,18-19H,1-5,10-12H2. The number of esters is 1. The summed E-state index contributed by atoms with van der Waals surface area (Å²) in [4.78, 5) is 11.7. The van der Waals surface area contributed by atoms with Crippen molar-refractivity contribution in [3.05, 3.63) is 29.8 Å². The molecule has 21 heavy (non-hydrogen) atoms. The van der Waals surface area contributed by atoms with E-state index in [1.807, 2.05) is 0 Å². The Kier molecular flexibility index (Phi) is 9.41. The van der Waals surface area contributed by atoms with Crippen LogP contribution in [0.5, 0.6) is 5.75 Å². The molecule has 0 bridgehead atoms. The third-order valence-electron chi connectivity index (χ3n) is 3.21. The number of phenolic OH excluding ortho intramolecular Hbond substituents is 1. The zero-order valence-corrected chi connectivity index (χ0v) is 14.3. The third kappa shape index (κ3) is 8.26. The van der Waals surface area contributed by atoms with Crippen molar-refractivity contribution in [2.75, 3.05) is 11.0 Å². The molecule has 0 radical (unpaired) electrons. The highest BCUT2D eigenvalue weighted by Gasteiger charge is 2.09. The van der Waals surface area contributed by atoms with Crippen molar-refractivity contribution in [2.45, 2.75) is 44.6 Å². The number of benzene rings is 1. The van der Waals surface area contributed by atoms with Gasteiger partial charge in [0.05, 0.1) is 18.3 Å². The molecule has 118 valence electrons. The highest BCUT2D eigenvalue weighted by Crippen LogP contribution is 2.12. The van der Waals surface area contributed by atoms with Crippen molar-refractivity contribution in [3.63, 3.8) is 0 Å². The second-order valence-electron chi connectivity index (χ2n) is 5.02. The Morgan fingerprint density at radius 3 is 2.43 bits per heavy atom. The number of alkyl halides is 1. The van der Waals surface area contributed by atoms with Crippen molar-refractivity contribution < 1.29 is 19.7 Å². The maximum Gasteiger partial charge on any atom is 0.338 e. The van der Waals surface area contributed by atoms with Gasteiger partial charge >= 0.3 is 5.97 Å². The maximum atomic E-state index is 11.7. The molecule has 0 heterocycles. The average molecular weight is 406 g/mol. The molecule has 1 aromatic carbocycles. The molecule has 1 rings (SSSR count). The number of ether oxygens (including phenoxy) is 1. The lowest BCUT2D eigenvalue weighted by atomic mass is 10.1. The summed E-state index contributed by atoms with van der Waals surface area (Å²) >= 11 is 2.37. The van der Waals surface area contributed by atoms with E-state index in [9.17, 15) is 9.90 Å². The highest BCUT2D eigenvalue weighted by molar-refractivity contribution is 14.1. The Hall–Kier alpha value is -0.820. The van der Waals surface area contributed by atoms with Gasteiger partial charge in [0.2, 0.25) is 0 Å². The van der Waals surface area contributed by atoms with Crippen LogP contribution in [-0.4, -0.2) is 33.3 Å². The fourth-order valence-electron chi connectivity index (χ4n) is 1.94. The number of rotatable bonds is 10. The number of aromatic hydroxyl groups is 1. The molecule has 0 fully saturated rings. The van der Waals surface area contributed by atoms with Crippen molar-refractivity contribution in [2.24, 2.45) is 0 Å². The lowest BCUT2D eigenvalue weighted by molar-refractivity contribution is 0.0422. The number of carbonyl (C=O) groups excluding carboxylic acids is 1. The van der Waals surface area contributed by atoms with Crippen LogP contribution >= 0.6 is 22.6 Å². The van der Waals surface area contributed by atoms with Crippen molar-refractivity contribution in [1.29, 1.82) is 0 Å². The Morgan fingerprint density at radius 2 is 1.76 bits per heavy atom. The minimum atomic E-state index is -0.427. The van der Waals surface area contributed by atoms with Crippen LogP contribution in [0.4, 0.5) is 0 Å². The van der Waals surface area contributed by atoms with Gasteiger partial charge in [-0.15, -0.1) is 0 Å². The molecule has 5 heteroatoms. The molecular weight excluding hydrogens is 383 g/mol. The predicted molar refractivity (Wildman–Crippen MR) is 91.0 cm³/mol. The Morgan fingerprint density at radius 1 is 1.10 bits per heavy atom. The van der Waals surface area contributed by atoms with Crippen LogP contribution in [0.15, 0.2) is 24.3 Å². The van der Waals surface area contributed by atoms with Gasteiger partial charge in [0.25, 0.3) is 0 Å². The van der Waals surface area contributed by atoms with Crippen molar-refractivity contribution >= 4 is 28.6 Å². The van der Waals surface area contributed by atoms with Crippen molar-refractivity contribution in [1.82, 2.24) is 0 Å². The first kappa shape index (κ1) is 18.2. The Bertz CT molecular complexity index is 405. The second kappa shape index (κ2) is 10.8. The van der Waals surface area contributed by atoms with Gasteiger partial charge in [0, 0.05) is 6.42 Å². The molecule has 0 amide bonds. The smallest absolute Gasteiger partial charge is 0.338 e.